The lowest BCUT2D eigenvalue weighted by molar-refractivity contribution is -0.157. The van der Waals surface area contributed by atoms with Gasteiger partial charge in [0.1, 0.15) is 23.7 Å². The summed E-state index contributed by atoms with van der Waals surface area (Å²) in [5.74, 6) is 0.714. The van der Waals surface area contributed by atoms with Crippen LogP contribution in [0, 0.1) is 24.2 Å². The van der Waals surface area contributed by atoms with E-state index in [4.69, 9.17) is 16.3 Å². The zero-order chi connectivity index (χ0) is 23.6. The van der Waals surface area contributed by atoms with Crippen molar-refractivity contribution in [1.82, 2.24) is 0 Å². The molecule has 2 fully saturated rings. The molecule has 1 N–H and O–H groups in total. The number of Topliss-reactive ketones (excluding diaryl/α,β-unsaturated/α-hetero) is 2. The van der Waals surface area contributed by atoms with Crippen molar-refractivity contribution in [2.24, 2.45) is 17.3 Å². The summed E-state index contributed by atoms with van der Waals surface area (Å²) >= 11 is 5.82. The van der Waals surface area contributed by atoms with E-state index in [1.165, 1.54) is 11.1 Å². The Morgan fingerprint density at radius 1 is 1.21 bits per heavy atom. The molecule has 0 spiro atoms. The summed E-state index contributed by atoms with van der Waals surface area (Å²) in [6.45, 7) is 4.54. The highest BCUT2D eigenvalue weighted by Gasteiger charge is 2.63. The quantitative estimate of drug-likeness (QED) is 0.524. The maximum absolute atomic E-state index is 12.7. The number of halogens is 1. The second kappa shape index (κ2) is 9.60. The second-order valence-corrected chi connectivity index (χ2v) is 10.3. The van der Waals surface area contributed by atoms with Gasteiger partial charge in [-0.3, -0.25) is 9.59 Å². The number of aryl methyl sites for hydroxylation is 2. The summed E-state index contributed by atoms with van der Waals surface area (Å²) in [5.41, 5.74) is 1.32. The summed E-state index contributed by atoms with van der Waals surface area (Å²) in [5, 5.41) is 11.3. The Kier molecular flexibility index (Phi) is 6.97. The Morgan fingerprint density at radius 2 is 1.97 bits per heavy atom. The fourth-order valence-electron chi connectivity index (χ4n) is 6.19. The monoisotopic (exact) mass is 468 g/mol. The first-order valence-corrected chi connectivity index (χ1v) is 12.4. The molecule has 176 valence electrons. The third-order valence-electron chi connectivity index (χ3n) is 8.14. The van der Waals surface area contributed by atoms with E-state index in [1.54, 1.807) is 0 Å². The molecule has 0 bridgehead atoms. The van der Waals surface area contributed by atoms with Gasteiger partial charge in [-0.2, -0.15) is 0 Å². The Hall–Kier alpha value is -2.17. The van der Waals surface area contributed by atoms with Gasteiger partial charge in [0.25, 0.3) is 0 Å². The van der Waals surface area contributed by atoms with Crippen molar-refractivity contribution in [2.45, 2.75) is 64.6 Å². The fraction of sp³-hybridized carbons (Fsp3) is 0.500. The van der Waals surface area contributed by atoms with Crippen LogP contribution in [0.15, 0.2) is 48.5 Å². The van der Waals surface area contributed by atoms with Crippen LogP contribution in [0.4, 0.5) is 0 Å². The van der Waals surface area contributed by atoms with Gasteiger partial charge in [-0.15, -0.1) is 11.6 Å². The molecular formula is C28H33ClO4. The second-order valence-electron chi connectivity index (χ2n) is 10.1. The minimum Gasteiger partial charge on any atom is -0.489 e. The molecule has 0 saturated heterocycles. The van der Waals surface area contributed by atoms with Crippen LogP contribution in [0.2, 0.25) is 0 Å². The predicted octanol–water partition coefficient (Wildman–Crippen LogP) is 5.44. The largest absolute Gasteiger partial charge is 0.489 e. The molecular weight excluding hydrogens is 436 g/mol. The van der Waals surface area contributed by atoms with Crippen molar-refractivity contribution in [1.29, 1.82) is 0 Å². The molecule has 0 aromatic heterocycles. The molecule has 2 aromatic carbocycles. The standard InChI is InChI=1S/C28H33ClO4/c1-19-8-11-24(33-18-20-6-4-3-5-7-20)15-21(19)9-10-22-14-23(30)16-27(2)25(22)12-13-28(27,32)26(31)17-29/h3-8,11,15,22,25,32H,9-10,12-14,16-18H2,1-2H3. The topological polar surface area (TPSA) is 63.6 Å². The number of hydrogen-bond donors (Lipinski definition) is 1. The molecule has 2 aromatic rings. The van der Waals surface area contributed by atoms with Crippen molar-refractivity contribution in [3.05, 3.63) is 65.2 Å². The Labute approximate surface area is 201 Å². The number of rotatable bonds is 8. The first-order valence-electron chi connectivity index (χ1n) is 11.9. The van der Waals surface area contributed by atoms with Crippen molar-refractivity contribution in [3.63, 3.8) is 0 Å². The molecule has 2 aliphatic rings. The van der Waals surface area contributed by atoms with E-state index in [0.717, 1.165) is 30.6 Å². The average molecular weight is 469 g/mol. The molecule has 2 saturated carbocycles. The maximum atomic E-state index is 12.7. The fourth-order valence-corrected chi connectivity index (χ4v) is 6.41. The normalized spacial score (nSPS) is 29.0. The lowest BCUT2D eigenvalue weighted by Crippen LogP contribution is -2.55. The summed E-state index contributed by atoms with van der Waals surface area (Å²) in [6.07, 6.45) is 3.61. The molecule has 4 rings (SSSR count). The molecule has 5 heteroatoms. The van der Waals surface area contributed by atoms with Gasteiger partial charge in [-0.05, 0) is 73.3 Å². The van der Waals surface area contributed by atoms with Crippen LogP contribution in [0.5, 0.6) is 5.75 Å². The van der Waals surface area contributed by atoms with Crippen molar-refractivity contribution < 1.29 is 19.4 Å². The third-order valence-corrected chi connectivity index (χ3v) is 8.38. The Bertz CT molecular complexity index is 1020. The van der Waals surface area contributed by atoms with Gasteiger partial charge in [-0.1, -0.05) is 43.3 Å². The molecule has 4 nitrogen and oxygen atoms in total. The predicted molar refractivity (Wildman–Crippen MR) is 130 cm³/mol. The van der Waals surface area contributed by atoms with E-state index in [9.17, 15) is 14.7 Å². The summed E-state index contributed by atoms with van der Waals surface area (Å²) in [7, 11) is 0. The lowest BCUT2D eigenvalue weighted by atomic mass is 9.58. The van der Waals surface area contributed by atoms with Crippen LogP contribution in [0.1, 0.15) is 55.7 Å². The van der Waals surface area contributed by atoms with E-state index in [2.05, 4.69) is 19.1 Å². The van der Waals surface area contributed by atoms with Crippen LogP contribution in [-0.4, -0.2) is 28.2 Å². The van der Waals surface area contributed by atoms with Crippen LogP contribution in [0.25, 0.3) is 0 Å². The van der Waals surface area contributed by atoms with Crippen LogP contribution in [-0.2, 0) is 22.6 Å². The van der Waals surface area contributed by atoms with Crippen molar-refractivity contribution >= 4 is 23.2 Å². The van der Waals surface area contributed by atoms with E-state index in [0.29, 0.717) is 19.4 Å². The Morgan fingerprint density at radius 3 is 2.70 bits per heavy atom. The van der Waals surface area contributed by atoms with E-state index in [-0.39, 0.29) is 35.7 Å². The minimum absolute atomic E-state index is 0.137. The summed E-state index contributed by atoms with van der Waals surface area (Å²) in [6, 6.07) is 16.3. The molecule has 4 unspecified atom stereocenters. The number of carbonyl (C=O) groups is 2. The Balaban J connectivity index is 1.46. The van der Waals surface area contributed by atoms with Gasteiger partial charge < -0.3 is 9.84 Å². The summed E-state index contributed by atoms with van der Waals surface area (Å²) in [4.78, 5) is 25.2. The highest BCUT2D eigenvalue weighted by atomic mass is 35.5. The average Bonchev–Trinajstić information content (AvgIpc) is 3.08. The van der Waals surface area contributed by atoms with Crippen molar-refractivity contribution in [2.75, 3.05) is 5.88 Å². The molecule has 0 amide bonds. The number of alkyl halides is 1. The lowest BCUT2D eigenvalue weighted by Gasteiger charge is -2.47. The van der Waals surface area contributed by atoms with Crippen molar-refractivity contribution in [3.8, 4) is 5.75 Å². The number of aliphatic hydroxyl groups is 1. The minimum atomic E-state index is -1.49. The summed E-state index contributed by atoms with van der Waals surface area (Å²) < 4.78 is 6.01. The van der Waals surface area contributed by atoms with Gasteiger partial charge >= 0.3 is 0 Å². The zero-order valence-corrected chi connectivity index (χ0v) is 20.2. The molecule has 33 heavy (non-hydrogen) atoms. The maximum Gasteiger partial charge on any atom is 0.179 e. The van der Waals surface area contributed by atoms with Crippen LogP contribution >= 0.6 is 11.6 Å². The number of benzene rings is 2. The molecule has 2 aliphatic carbocycles. The van der Waals surface area contributed by atoms with Gasteiger partial charge in [-0.25, -0.2) is 0 Å². The molecule has 0 aliphatic heterocycles. The number of carbonyl (C=O) groups excluding carboxylic acids is 2. The van der Waals surface area contributed by atoms with Gasteiger partial charge in [0.05, 0.1) is 5.88 Å². The highest BCUT2D eigenvalue weighted by molar-refractivity contribution is 6.29. The molecule has 0 radical (unpaired) electrons. The first-order chi connectivity index (χ1) is 15.8. The molecule has 4 atom stereocenters. The van der Waals surface area contributed by atoms with Gasteiger partial charge in [0, 0.05) is 18.3 Å². The number of ether oxygens (including phenoxy) is 1. The van der Waals surface area contributed by atoms with E-state index < -0.39 is 11.0 Å². The SMILES string of the molecule is Cc1ccc(OCc2ccccc2)cc1CCC1CC(=O)CC2(C)C1CCC2(O)C(=O)CCl. The van der Waals surface area contributed by atoms with Crippen LogP contribution in [0.3, 0.4) is 0 Å². The number of hydrogen-bond acceptors (Lipinski definition) is 4. The third kappa shape index (κ3) is 4.61. The van der Waals surface area contributed by atoms with Gasteiger partial charge in [0.15, 0.2) is 5.78 Å². The smallest absolute Gasteiger partial charge is 0.179 e. The number of ketones is 2. The highest BCUT2D eigenvalue weighted by Crippen LogP contribution is 2.59. The zero-order valence-electron chi connectivity index (χ0n) is 19.5. The van der Waals surface area contributed by atoms with E-state index in [1.807, 2.05) is 43.3 Å². The molecule has 0 heterocycles. The first kappa shape index (κ1) is 24.0. The number of fused-ring (bicyclic) bond motifs is 1. The van der Waals surface area contributed by atoms with Crippen LogP contribution < -0.4 is 4.74 Å². The van der Waals surface area contributed by atoms with E-state index >= 15 is 0 Å². The van der Waals surface area contributed by atoms with Gasteiger partial charge in [0.2, 0.25) is 0 Å².